The Morgan fingerprint density at radius 2 is 0.902 bits per heavy atom. The third kappa shape index (κ3) is 4.93. The fraction of sp³-hybridized carbons (Fsp3) is 0.0625. The van der Waals surface area contributed by atoms with Gasteiger partial charge in [-0.25, -0.2) is 9.97 Å². The Balaban J connectivity index is 1.20. The molecule has 0 spiro atoms. The minimum atomic E-state index is 0.413. The van der Waals surface area contributed by atoms with Gasteiger partial charge in [0.1, 0.15) is 0 Å². The number of fused-ring (bicyclic) bond motifs is 7. The molecule has 9 aromatic rings. The number of aromatic nitrogens is 2. The van der Waals surface area contributed by atoms with Gasteiger partial charge in [-0.2, -0.15) is 0 Å². The third-order valence-electron chi connectivity index (χ3n) is 10.5. The van der Waals surface area contributed by atoms with Crippen molar-refractivity contribution in [3.63, 3.8) is 0 Å². The van der Waals surface area contributed by atoms with Gasteiger partial charge in [0.2, 0.25) is 0 Å². The van der Waals surface area contributed by atoms with Gasteiger partial charge < -0.3 is 0 Å². The molecule has 0 unspecified atom stereocenters. The van der Waals surface area contributed by atoms with Crippen LogP contribution in [0.4, 0.5) is 0 Å². The first kappa shape index (κ1) is 29.5. The van der Waals surface area contributed by atoms with Gasteiger partial charge in [0.05, 0.1) is 17.1 Å². The number of hydrogen-bond donors (Lipinski definition) is 0. The molecular weight excluding hydrogens is 619 g/mol. The number of nitrogens with zero attached hydrogens (tertiary/aromatic N) is 3. The molecule has 1 aliphatic rings. The van der Waals surface area contributed by atoms with Crippen molar-refractivity contribution in [1.82, 2.24) is 9.97 Å². The normalized spacial score (nSPS) is 14.2. The molecule has 10 rings (SSSR count). The Morgan fingerprint density at radius 1 is 0.431 bits per heavy atom. The van der Waals surface area contributed by atoms with Gasteiger partial charge in [0.15, 0.2) is 5.82 Å². The van der Waals surface area contributed by atoms with Crippen LogP contribution in [0.15, 0.2) is 169 Å². The zero-order chi connectivity index (χ0) is 33.9. The Kier molecular flexibility index (Phi) is 6.85. The maximum atomic E-state index is 5.35. The molecule has 2 heterocycles. The lowest BCUT2D eigenvalue weighted by molar-refractivity contribution is 0.761. The van der Waals surface area contributed by atoms with Crippen LogP contribution in [-0.4, -0.2) is 22.2 Å². The molecule has 3 heteroatoms. The van der Waals surface area contributed by atoms with E-state index in [1.165, 1.54) is 54.2 Å². The molecule has 1 aliphatic heterocycles. The van der Waals surface area contributed by atoms with Gasteiger partial charge in [-0.3, -0.25) is 4.99 Å². The van der Waals surface area contributed by atoms with E-state index in [1.807, 2.05) is 0 Å². The molecule has 0 amide bonds. The molecule has 51 heavy (non-hydrogen) atoms. The lowest BCUT2D eigenvalue weighted by Gasteiger charge is -2.22. The molecule has 1 atom stereocenters. The van der Waals surface area contributed by atoms with Gasteiger partial charge in [0.25, 0.3) is 0 Å². The Labute approximate surface area is 296 Å². The van der Waals surface area contributed by atoms with Crippen LogP contribution in [0.5, 0.6) is 0 Å². The largest absolute Gasteiger partial charge is 0.283 e. The molecule has 0 fully saturated rings. The van der Waals surface area contributed by atoms with Crippen molar-refractivity contribution in [2.45, 2.75) is 12.8 Å². The minimum Gasteiger partial charge on any atom is -0.283 e. The first-order chi connectivity index (χ1) is 25.2. The van der Waals surface area contributed by atoms with Gasteiger partial charge in [-0.1, -0.05) is 153 Å². The van der Waals surface area contributed by atoms with Crippen LogP contribution in [0.25, 0.3) is 77.0 Å². The van der Waals surface area contributed by atoms with Crippen LogP contribution in [0.2, 0.25) is 0 Å². The van der Waals surface area contributed by atoms with Crippen LogP contribution in [0.3, 0.4) is 0 Å². The first-order valence-corrected chi connectivity index (χ1v) is 17.6. The summed E-state index contributed by atoms with van der Waals surface area (Å²) in [5, 5.41) is 9.65. The predicted octanol–water partition coefficient (Wildman–Crippen LogP) is 12.0. The monoisotopic (exact) mass is 651 g/mol. The zero-order valence-electron chi connectivity index (χ0n) is 28.2. The van der Waals surface area contributed by atoms with Crippen molar-refractivity contribution < 1.29 is 0 Å². The summed E-state index contributed by atoms with van der Waals surface area (Å²) in [5.74, 6) is 1.11. The van der Waals surface area contributed by atoms with E-state index in [0.717, 1.165) is 45.9 Å². The maximum Gasteiger partial charge on any atom is 0.160 e. The third-order valence-corrected chi connectivity index (χ3v) is 10.5. The van der Waals surface area contributed by atoms with E-state index in [-0.39, 0.29) is 0 Å². The highest BCUT2D eigenvalue weighted by Gasteiger charge is 2.21. The molecule has 0 bridgehead atoms. The van der Waals surface area contributed by atoms with Gasteiger partial charge in [0, 0.05) is 40.3 Å². The van der Waals surface area contributed by atoms with E-state index in [2.05, 4.69) is 171 Å². The van der Waals surface area contributed by atoms with E-state index in [4.69, 9.17) is 15.0 Å². The van der Waals surface area contributed by atoms with E-state index in [1.54, 1.807) is 0 Å². The number of hydrogen-bond acceptors (Lipinski definition) is 3. The van der Waals surface area contributed by atoms with Crippen molar-refractivity contribution in [2.24, 2.45) is 4.99 Å². The van der Waals surface area contributed by atoms with E-state index in [9.17, 15) is 0 Å². The summed E-state index contributed by atoms with van der Waals surface area (Å²) in [7, 11) is 0. The number of aliphatic imine (C=N–C) groups is 1. The van der Waals surface area contributed by atoms with Gasteiger partial charge in [-0.05, 0) is 66.9 Å². The molecule has 3 nitrogen and oxygen atoms in total. The molecular formula is C48H33N3. The van der Waals surface area contributed by atoms with Crippen molar-refractivity contribution in [1.29, 1.82) is 0 Å². The molecule has 0 aliphatic carbocycles. The molecule has 0 N–H and O–H groups in total. The van der Waals surface area contributed by atoms with E-state index < -0.39 is 0 Å². The van der Waals surface area contributed by atoms with Crippen molar-refractivity contribution in [3.05, 3.63) is 180 Å². The second kappa shape index (κ2) is 11.9. The Bertz CT molecular complexity index is 2710. The van der Waals surface area contributed by atoms with Crippen LogP contribution in [0.1, 0.15) is 29.5 Å². The smallest absolute Gasteiger partial charge is 0.160 e. The minimum absolute atomic E-state index is 0.413. The summed E-state index contributed by atoms with van der Waals surface area (Å²) < 4.78 is 0. The lowest BCUT2D eigenvalue weighted by Crippen LogP contribution is -2.16. The van der Waals surface area contributed by atoms with Gasteiger partial charge >= 0.3 is 0 Å². The summed E-state index contributed by atoms with van der Waals surface area (Å²) >= 11 is 0. The molecule has 0 radical (unpaired) electrons. The van der Waals surface area contributed by atoms with Crippen LogP contribution in [0, 0.1) is 0 Å². The molecule has 8 aromatic carbocycles. The summed E-state index contributed by atoms with van der Waals surface area (Å²) in [5.41, 5.74) is 9.70. The maximum absolute atomic E-state index is 5.35. The summed E-state index contributed by atoms with van der Waals surface area (Å²) in [6.07, 6.45) is 0. The molecule has 0 saturated heterocycles. The molecule has 240 valence electrons. The molecule has 1 aromatic heterocycles. The standard InChI is InChI=1S/C48H33N3/c1-30-29-49-47(42-21-11-6-14-35(30)42)31-22-24-32(25-23-31)48-50-45(43-26-33-12-2-4-15-36(33)38-17-7-9-19-40(38)43)28-46(51-48)44-27-34-13-3-5-16-37(34)39-18-8-10-20-41(39)44/h2-28,30H,29H2,1H3/t30-/m0/s1. The highest BCUT2D eigenvalue weighted by molar-refractivity contribution is 6.16. The average Bonchev–Trinajstić information content (AvgIpc) is 3.20. The Morgan fingerprint density at radius 3 is 1.49 bits per heavy atom. The Hall–Kier alpha value is -6.45. The quantitative estimate of drug-likeness (QED) is 0.178. The summed E-state index contributed by atoms with van der Waals surface area (Å²) in [4.78, 5) is 15.7. The van der Waals surface area contributed by atoms with Crippen LogP contribution < -0.4 is 0 Å². The second-order valence-electron chi connectivity index (χ2n) is 13.6. The molecule has 0 saturated carbocycles. The van der Waals surface area contributed by atoms with Gasteiger partial charge in [-0.15, -0.1) is 0 Å². The number of rotatable bonds is 4. The van der Waals surface area contributed by atoms with Crippen LogP contribution >= 0.6 is 0 Å². The van der Waals surface area contributed by atoms with Crippen LogP contribution in [-0.2, 0) is 0 Å². The summed E-state index contributed by atoms with van der Waals surface area (Å²) in [6.45, 7) is 3.05. The fourth-order valence-corrected chi connectivity index (χ4v) is 7.96. The van der Waals surface area contributed by atoms with Crippen molar-refractivity contribution in [3.8, 4) is 33.9 Å². The zero-order valence-corrected chi connectivity index (χ0v) is 28.2. The fourth-order valence-electron chi connectivity index (χ4n) is 7.96. The van der Waals surface area contributed by atoms with E-state index >= 15 is 0 Å². The number of benzene rings is 8. The van der Waals surface area contributed by atoms with Crippen molar-refractivity contribution >= 4 is 48.8 Å². The predicted molar refractivity (Wildman–Crippen MR) is 214 cm³/mol. The second-order valence-corrected chi connectivity index (χ2v) is 13.6. The highest BCUT2D eigenvalue weighted by Crippen LogP contribution is 2.39. The summed E-state index contributed by atoms with van der Waals surface area (Å²) in [6, 6.07) is 58.6. The highest BCUT2D eigenvalue weighted by atomic mass is 14.9. The average molecular weight is 652 g/mol. The topological polar surface area (TPSA) is 38.1 Å². The van der Waals surface area contributed by atoms with E-state index in [0.29, 0.717) is 11.7 Å². The SMILES string of the molecule is C[C@H]1CN=C(c2ccc(-c3nc(-c4cc5ccccc5c5ccccc45)cc(-c4cc5ccccc5c5ccccc45)n3)cc2)c2ccccc21. The van der Waals surface area contributed by atoms with Crippen molar-refractivity contribution in [2.75, 3.05) is 6.54 Å². The first-order valence-electron chi connectivity index (χ1n) is 17.6. The lowest BCUT2D eigenvalue weighted by atomic mass is 9.88.